The molecule has 0 heterocycles. The number of para-hydroxylation sites is 1. The highest BCUT2D eigenvalue weighted by molar-refractivity contribution is 7.91. The minimum Gasteiger partial charge on any atom is -0.433 e. The first-order valence-corrected chi connectivity index (χ1v) is 5.46. The van der Waals surface area contributed by atoms with Gasteiger partial charge in [-0.1, -0.05) is 12.1 Å². The van der Waals surface area contributed by atoms with E-state index >= 15 is 0 Å². The van der Waals surface area contributed by atoms with Crippen molar-refractivity contribution >= 4 is 9.84 Å². The first-order valence-electron chi connectivity index (χ1n) is 3.91. The van der Waals surface area contributed by atoms with Crippen molar-refractivity contribution < 1.29 is 30.7 Å². The maximum atomic E-state index is 12.2. The average molecular weight is 258 g/mol. The molecule has 0 aromatic heterocycles. The normalized spacial score (nSPS) is 12.1. The summed E-state index contributed by atoms with van der Waals surface area (Å²) in [5, 5.41) is 0. The molecule has 0 saturated heterocycles. The molecule has 0 amide bonds. The van der Waals surface area contributed by atoms with E-state index in [2.05, 4.69) is 4.74 Å². The van der Waals surface area contributed by atoms with Gasteiger partial charge in [-0.05, 0) is 12.1 Å². The summed E-state index contributed by atoms with van der Waals surface area (Å²) in [7, 11) is -4.94. The predicted octanol–water partition coefficient (Wildman–Crippen LogP) is 2.28. The highest BCUT2D eigenvalue weighted by Crippen LogP contribution is 2.28. The van der Waals surface area contributed by atoms with Gasteiger partial charge in [0.1, 0.15) is 10.6 Å². The number of sulfone groups is 1. The molecule has 0 aliphatic rings. The highest BCUT2D eigenvalue weighted by atomic mass is 32.2. The third-order valence-electron chi connectivity index (χ3n) is 1.61. The lowest BCUT2D eigenvalue weighted by molar-refractivity contribution is -0.0518. The molecule has 3 nitrogen and oxygen atoms in total. The molecule has 0 bridgehead atoms. The van der Waals surface area contributed by atoms with Gasteiger partial charge in [0.15, 0.2) is 0 Å². The van der Waals surface area contributed by atoms with E-state index in [4.69, 9.17) is 0 Å². The molecule has 0 atom stereocenters. The molecule has 0 spiro atoms. The lowest BCUT2D eigenvalue weighted by atomic mass is 10.3. The van der Waals surface area contributed by atoms with Gasteiger partial charge in [0, 0.05) is 0 Å². The van der Waals surface area contributed by atoms with E-state index in [1.165, 1.54) is 6.07 Å². The van der Waals surface area contributed by atoms with Gasteiger partial charge in [0.2, 0.25) is 9.84 Å². The van der Waals surface area contributed by atoms with Crippen molar-refractivity contribution in [1.82, 2.24) is 0 Å². The van der Waals surface area contributed by atoms with E-state index in [-0.39, 0.29) is 0 Å². The predicted molar refractivity (Wildman–Crippen MR) is 46.3 cm³/mol. The maximum Gasteiger partial charge on any atom is 0.387 e. The fourth-order valence-electron chi connectivity index (χ4n) is 0.975. The van der Waals surface area contributed by atoms with Crippen LogP contribution in [0.2, 0.25) is 0 Å². The van der Waals surface area contributed by atoms with Gasteiger partial charge in [-0.15, -0.1) is 0 Å². The molecule has 1 aromatic rings. The third-order valence-corrected chi connectivity index (χ3v) is 3.03. The van der Waals surface area contributed by atoms with Gasteiger partial charge < -0.3 is 4.74 Å². The van der Waals surface area contributed by atoms with Crippen LogP contribution in [0, 0.1) is 0 Å². The maximum absolute atomic E-state index is 12.2. The fourth-order valence-corrected chi connectivity index (χ4v) is 1.83. The molecule has 0 aliphatic heterocycles. The first kappa shape index (κ1) is 12.8. The Morgan fingerprint density at radius 2 is 1.62 bits per heavy atom. The SMILES string of the molecule is O=S(=O)(c1ccccc1OC(F)F)C(F)F. The standard InChI is InChI=1S/C8H6F4O3S/c9-7(10)15-5-3-1-2-4-6(5)16(13,14)8(11)12/h1-4,7-8H. The van der Waals surface area contributed by atoms with Crippen LogP contribution in [0.4, 0.5) is 17.6 Å². The zero-order valence-corrected chi connectivity index (χ0v) is 8.43. The quantitative estimate of drug-likeness (QED) is 0.778. The number of rotatable bonds is 4. The van der Waals surface area contributed by atoms with Crippen LogP contribution >= 0.6 is 0 Å². The van der Waals surface area contributed by atoms with Crippen LogP contribution in [0.3, 0.4) is 0 Å². The molecule has 8 heteroatoms. The Morgan fingerprint density at radius 3 is 2.12 bits per heavy atom. The lowest BCUT2D eigenvalue weighted by Gasteiger charge is -2.10. The number of hydrogen-bond donors (Lipinski definition) is 0. The molecular formula is C8H6F4O3S. The number of hydrogen-bond acceptors (Lipinski definition) is 3. The van der Waals surface area contributed by atoms with E-state index in [1.807, 2.05) is 0 Å². The molecule has 0 unspecified atom stereocenters. The summed E-state index contributed by atoms with van der Waals surface area (Å²) < 4.78 is 74.1. The van der Waals surface area contributed by atoms with Crippen LogP contribution < -0.4 is 4.74 Å². The Kier molecular flexibility index (Phi) is 3.74. The van der Waals surface area contributed by atoms with Crippen molar-refractivity contribution in [3.8, 4) is 5.75 Å². The second-order valence-corrected chi connectivity index (χ2v) is 4.52. The van der Waals surface area contributed by atoms with Crippen molar-refractivity contribution in [3.05, 3.63) is 24.3 Å². The van der Waals surface area contributed by atoms with Crippen LogP contribution in [-0.4, -0.2) is 20.8 Å². The van der Waals surface area contributed by atoms with E-state index in [0.29, 0.717) is 0 Å². The van der Waals surface area contributed by atoms with Crippen molar-refractivity contribution in [2.24, 2.45) is 0 Å². The van der Waals surface area contributed by atoms with Gasteiger partial charge in [0.25, 0.3) is 0 Å². The topological polar surface area (TPSA) is 43.4 Å². The Balaban J connectivity index is 3.24. The molecule has 0 saturated carbocycles. The minimum absolute atomic E-state index is 0.777. The van der Waals surface area contributed by atoms with Crippen LogP contribution in [0.5, 0.6) is 5.75 Å². The number of halogens is 4. The summed E-state index contributed by atoms with van der Waals surface area (Å²) in [4.78, 5) is -0.953. The number of ether oxygens (including phenoxy) is 1. The van der Waals surface area contributed by atoms with Gasteiger partial charge in [0.05, 0.1) is 0 Å². The summed E-state index contributed by atoms with van der Waals surface area (Å²) in [5.41, 5.74) is 0. The first-order chi connectivity index (χ1) is 7.35. The Hall–Kier alpha value is -1.31. The largest absolute Gasteiger partial charge is 0.433 e. The van der Waals surface area contributed by atoms with Gasteiger partial charge in [-0.2, -0.15) is 17.6 Å². The van der Waals surface area contributed by atoms with Crippen molar-refractivity contribution in [2.45, 2.75) is 17.3 Å². The van der Waals surface area contributed by atoms with Gasteiger partial charge >= 0.3 is 12.4 Å². The summed E-state index contributed by atoms with van der Waals surface area (Å²) in [6.45, 7) is -3.28. The van der Waals surface area contributed by atoms with E-state index < -0.39 is 32.9 Å². The van der Waals surface area contributed by atoms with Crippen LogP contribution in [0.1, 0.15) is 0 Å². The Labute approximate surface area is 88.6 Å². The molecule has 0 radical (unpaired) electrons. The molecule has 0 fully saturated rings. The van der Waals surface area contributed by atoms with Gasteiger partial charge in [-0.25, -0.2) is 8.42 Å². The zero-order chi connectivity index (χ0) is 12.3. The van der Waals surface area contributed by atoms with Crippen molar-refractivity contribution in [2.75, 3.05) is 0 Å². The second kappa shape index (κ2) is 4.69. The van der Waals surface area contributed by atoms with Crippen LogP contribution in [-0.2, 0) is 9.84 Å². The van der Waals surface area contributed by atoms with Crippen molar-refractivity contribution in [1.29, 1.82) is 0 Å². The summed E-state index contributed by atoms with van der Waals surface area (Å²) in [6, 6.07) is 3.98. The summed E-state index contributed by atoms with van der Waals surface area (Å²) >= 11 is 0. The number of benzene rings is 1. The monoisotopic (exact) mass is 258 g/mol. The third kappa shape index (κ3) is 2.63. The Bertz CT molecular complexity index is 458. The fraction of sp³-hybridized carbons (Fsp3) is 0.250. The molecule has 90 valence electrons. The minimum atomic E-state index is -4.94. The smallest absolute Gasteiger partial charge is 0.387 e. The second-order valence-electron chi connectivity index (χ2n) is 2.63. The summed E-state index contributed by atoms with van der Waals surface area (Å²) in [5.74, 6) is -4.48. The van der Waals surface area contributed by atoms with E-state index in [0.717, 1.165) is 18.2 Å². The number of alkyl halides is 4. The molecule has 16 heavy (non-hydrogen) atoms. The van der Waals surface area contributed by atoms with Crippen molar-refractivity contribution in [3.63, 3.8) is 0 Å². The Morgan fingerprint density at radius 1 is 1.06 bits per heavy atom. The average Bonchev–Trinajstić information content (AvgIpc) is 2.17. The zero-order valence-electron chi connectivity index (χ0n) is 7.61. The molecule has 1 rings (SSSR count). The highest BCUT2D eigenvalue weighted by Gasteiger charge is 2.30. The van der Waals surface area contributed by atoms with Gasteiger partial charge in [-0.3, -0.25) is 0 Å². The van der Waals surface area contributed by atoms with Crippen LogP contribution in [0.15, 0.2) is 29.2 Å². The van der Waals surface area contributed by atoms with E-state index in [9.17, 15) is 26.0 Å². The lowest BCUT2D eigenvalue weighted by Crippen LogP contribution is -2.14. The molecule has 0 N–H and O–H groups in total. The summed E-state index contributed by atoms with van der Waals surface area (Å²) in [6.07, 6.45) is 0. The van der Waals surface area contributed by atoms with Crippen LogP contribution in [0.25, 0.3) is 0 Å². The molecule has 1 aromatic carbocycles. The molecular weight excluding hydrogens is 252 g/mol. The molecule has 0 aliphatic carbocycles. The van der Waals surface area contributed by atoms with E-state index in [1.54, 1.807) is 0 Å².